The lowest BCUT2D eigenvalue weighted by Gasteiger charge is -2.28. The highest BCUT2D eigenvalue weighted by Gasteiger charge is 2.38. The molecule has 6 heteroatoms. The second-order valence-corrected chi connectivity index (χ2v) is 7.76. The van der Waals surface area contributed by atoms with Gasteiger partial charge in [-0.1, -0.05) is 30.5 Å². The highest BCUT2D eigenvalue weighted by molar-refractivity contribution is 7.89. The average molecular weight is 318 g/mol. The van der Waals surface area contributed by atoms with Crippen LogP contribution in [-0.2, 0) is 10.0 Å². The van der Waals surface area contributed by atoms with E-state index in [9.17, 15) is 8.42 Å². The van der Waals surface area contributed by atoms with Gasteiger partial charge in [-0.15, -0.1) is 0 Å². The van der Waals surface area contributed by atoms with Crippen LogP contribution in [0.1, 0.15) is 31.2 Å². The minimum atomic E-state index is -3.50. The predicted octanol–water partition coefficient (Wildman–Crippen LogP) is 2.88. The topological polar surface area (TPSA) is 69.4 Å². The zero-order chi connectivity index (χ0) is 14.8. The van der Waals surface area contributed by atoms with Gasteiger partial charge in [-0.3, -0.25) is 0 Å². The summed E-state index contributed by atoms with van der Waals surface area (Å²) in [7, 11) is -3.50. The van der Waals surface area contributed by atoms with Gasteiger partial charge in [0.05, 0.1) is 17.4 Å². The number of sulfonamides is 1. The molecule has 0 amide bonds. The third-order valence-electron chi connectivity index (χ3n) is 3.79. The molecule has 1 aromatic rings. The Kier molecular flexibility index (Phi) is 4.62. The molecule has 0 aliphatic heterocycles. The summed E-state index contributed by atoms with van der Waals surface area (Å²) in [5, 5.41) is 5.76. The Bertz CT molecular complexity index is 580. The third kappa shape index (κ3) is 4.11. The zero-order valence-corrected chi connectivity index (χ0v) is 13.1. The Morgan fingerprint density at radius 3 is 2.60 bits per heavy atom. The van der Waals surface area contributed by atoms with E-state index in [-0.39, 0.29) is 11.2 Å². The molecule has 0 unspecified atom stereocenters. The van der Waals surface area contributed by atoms with Gasteiger partial charge < -0.3 is 4.74 Å². The van der Waals surface area contributed by atoms with Crippen LogP contribution in [0, 0.1) is 12.3 Å². The van der Waals surface area contributed by atoms with Gasteiger partial charge in [-0.05, 0) is 37.5 Å². The highest BCUT2D eigenvalue weighted by Crippen LogP contribution is 2.40. The molecule has 1 saturated carbocycles. The van der Waals surface area contributed by atoms with Crippen molar-refractivity contribution < 1.29 is 13.2 Å². The van der Waals surface area contributed by atoms with Crippen molar-refractivity contribution >= 4 is 21.6 Å². The van der Waals surface area contributed by atoms with E-state index >= 15 is 0 Å². The number of nitrogens with two attached hydrogens (primary N) is 1. The Morgan fingerprint density at radius 1 is 1.35 bits per heavy atom. The van der Waals surface area contributed by atoms with E-state index in [4.69, 9.17) is 21.5 Å². The molecule has 1 aliphatic rings. The molecule has 0 spiro atoms. The molecule has 4 nitrogen and oxygen atoms in total. The number of ether oxygens (including phenoxy) is 1. The predicted molar refractivity (Wildman–Crippen MR) is 80.6 cm³/mol. The lowest BCUT2D eigenvalue weighted by atomic mass is 9.90. The van der Waals surface area contributed by atoms with E-state index in [0.29, 0.717) is 17.4 Å². The molecule has 1 aliphatic carbocycles. The third-order valence-corrected chi connectivity index (χ3v) is 5.12. The SMILES string of the molecule is Cc1ccc(Cl)c(OCC2(CS(N)(=O)=O)CCCC2)c1. The Hall–Kier alpha value is -0.780. The van der Waals surface area contributed by atoms with Crippen molar-refractivity contribution in [2.75, 3.05) is 12.4 Å². The molecule has 0 atom stereocenters. The molecule has 20 heavy (non-hydrogen) atoms. The van der Waals surface area contributed by atoms with Gasteiger partial charge in [0.25, 0.3) is 0 Å². The van der Waals surface area contributed by atoms with E-state index in [2.05, 4.69) is 0 Å². The molecule has 1 aromatic carbocycles. The molecule has 0 radical (unpaired) electrons. The molecule has 0 aromatic heterocycles. The van der Waals surface area contributed by atoms with Gasteiger partial charge in [0.15, 0.2) is 0 Å². The van der Waals surface area contributed by atoms with Crippen LogP contribution < -0.4 is 9.88 Å². The quantitative estimate of drug-likeness (QED) is 0.907. The smallest absolute Gasteiger partial charge is 0.209 e. The molecule has 0 bridgehead atoms. The number of hydrogen-bond donors (Lipinski definition) is 1. The van der Waals surface area contributed by atoms with Crippen LogP contribution in [0.2, 0.25) is 5.02 Å². The zero-order valence-electron chi connectivity index (χ0n) is 11.6. The van der Waals surface area contributed by atoms with Crippen LogP contribution in [-0.4, -0.2) is 20.8 Å². The minimum Gasteiger partial charge on any atom is -0.491 e. The summed E-state index contributed by atoms with van der Waals surface area (Å²) in [6.07, 6.45) is 3.68. The van der Waals surface area contributed by atoms with Crippen molar-refractivity contribution in [3.8, 4) is 5.75 Å². The van der Waals surface area contributed by atoms with E-state index in [0.717, 1.165) is 31.2 Å². The van der Waals surface area contributed by atoms with E-state index in [1.165, 1.54) is 0 Å². The Morgan fingerprint density at radius 2 is 2.00 bits per heavy atom. The first-order valence-corrected chi connectivity index (χ1v) is 8.79. The summed E-state index contributed by atoms with van der Waals surface area (Å²) in [5.41, 5.74) is 0.678. The first-order chi connectivity index (χ1) is 9.30. The molecular formula is C14H20ClNO3S. The van der Waals surface area contributed by atoms with Crippen molar-refractivity contribution in [2.45, 2.75) is 32.6 Å². The number of hydrogen-bond acceptors (Lipinski definition) is 3. The molecule has 2 rings (SSSR count). The first kappa shape index (κ1) is 15.6. The van der Waals surface area contributed by atoms with Crippen LogP contribution in [0.5, 0.6) is 5.75 Å². The van der Waals surface area contributed by atoms with E-state index in [1.807, 2.05) is 19.1 Å². The number of aryl methyl sites for hydroxylation is 1. The summed E-state index contributed by atoms with van der Waals surface area (Å²) >= 11 is 6.09. The maximum atomic E-state index is 11.4. The number of benzene rings is 1. The molecular weight excluding hydrogens is 298 g/mol. The number of rotatable bonds is 5. The van der Waals surface area contributed by atoms with Crippen LogP contribution in [0.25, 0.3) is 0 Å². The largest absolute Gasteiger partial charge is 0.491 e. The number of halogens is 1. The van der Waals surface area contributed by atoms with Crippen LogP contribution >= 0.6 is 11.6 Å². The molecule has 0 saturated heterocycles. The second kappa shape index (κ2) is 5.92. The second-order valence-electron chi connectivity index (χ2n) is 5.74. The Balaban J connectivity index is 2.11. The van der Waals surface area contributed by atoms with Crippen molar-refractivity contribution in [1.82, 2.24) is 0 Å². The van der Waals surface area contributed by atoms with Crippen LogP contribution in [0.15, 0.2) is 18.2 Å². The van der Waals surface area contributed by atoms with Gasteiger partial charge in [0.2, 0.25) is 10.0 Å². The monoisotopic (exact) mass is 317 g/mol. The molecule has 1 fully saturated rings. The van der Waals surface area contributed by atoms with Gasteiger partial charge in [0.1, 0.15) is 5.75 Å². The van der Waals surface area contributed by atoms with Crippen LogP contribution in [0.3, 0.4) is 0 Å². The summed E-state index contributed by atoms with van der Waals surface area (Å²) in [6, 6.07) is 5.56. The normalized spacial score (nSPS) is 18.1. The summed E-state index contributed by atoms with van der Waals surface area (Å²) in [5.74, 6) is 0.580. The number of primary sulfonamides is 1. The fraction of sp³-hybridized carbons (Fsp3) is 0.571. The van der Waals surface area contributed by atoms with Crippen molar-refractivity contribution in [1.29, 1.82) is 0 Å². The maximum Gasteiger partial charge on any atom is 0.209 e. The summed E-state index contributed by atoms with van der Waals surface area (Å²) < 4.78 is 28.6. The average Bonchev–Trinajstić information content (AvgIpc) is 2.77. The minimum absolute atomic E-state index is 0.0244. The highest BCUT2D eigenvalue weighted by atomic mass is 35.5. The van der Waals surface area contributed by atoms with Crippen molar-refractivity contribution in [3.63, 3.8) is 0 Å². The van der Waals surface area contributed by atoms with Gasteiger partial charge in [-0.2, -0.15) is 0 Å². The maximum absolute atomic E-state index is 11.4. The molecule has 0 heterocycles. The summed E-state index contributed by atoms with van der Waals surface area (Å²) in [4.78, 5) is 0. The van der Waals surface area contributed by atoms with Crippen molar-refractivity contribution in [2.24, 2.45) is 10.6 Å². The van der Waals surface area contributed by atoms with Crippen LogP contribution in [0.4, 0.5) is 0 Å². The van der Waals surface area contributed by atoms with Crippen molar-refractivity contribution in [3.05, 3.63) is 28.8 Å². The van der Waals surface area contributed by atoms with Gasteiger partial charge >= 0.3 is 0 Å². The first-order valence-electron chi connectivity index (χ1n) is 6.69. The standard InChI is InChI=1S/C14H20ClNO3S/c1-11-4-5-12(15)13(8-11)19-9-14(6-2-3-7-14)10-20(16,17)18/h4-5,8H,2-3,6-7,9-10H2,1H3,(H2,16,17,18). The fourth-order valence-corrected chi connectivity index (χ4v) is 4.23. The lowest BCUT2D eigenvalue weighted by Crippen LogP contribution is -2.36. The van der Waals surface area contributed by atoms with E-state index in [1.54, 1.807) is 6.07 Å². The lowest BCUT2D eigenvalue weighted by molar-refractivity contribution is 0.170. The van der Waals surface area contributed by atoms with Gasteiger partial charge in [0, 0.05) is 5.41 Å². The Labute approximate surface area is 125 Å². The molecule has 112 valence electrons. The molecule has 2 N–H and O–H groups in total. The fourth-order valence-electron chi connectivity index (χ4n) is 2.83. The van der Waals surface area contributed by atoms with Gasteiger partial charge in [-0.25, -0.2) is 13.6 Å². The van der Waals surface area contributed by atoms with E-state index < -0.39 is 10.0 Å². The summed E-state index contributed by atoms with van der Waals surface area (Å²) in [6.45, 7) is 2.30.